The summed E-state index contributed by atoms with van der Waals surface area (Å²) in [7, 11) is 0. The second-order valence-corrected chi connectivity index (χ2v) is 6.59. The van der Waals surface area contributed by atoms with Gasteiger partial charge in [0.15, 0.2) is 0 Å². The van der Waals surface area contributed by atoms with Gasteiger partial charge in [0.25, 0.3) is 0 Å². The maximum atomic E-state index is 4.93. The van der Waals surface area contributed by atoms with Crippen LogP contribution in [-0.4, -0.2) is 40.6 Å². The van der Waals surface area contributed by atoms with Crippen molar-refractivity contribution in [2.45, 2.75) is 59.0 Å². The Morgan fingerprint density at radius 2 is 2.05 bits per heavy atom. The zero-order valence-corrected chi connectivity index (χ0v) is 13.7. The Morgan fingerprint density at radius 1 is 1.24 bits per heavy atom. The predicted molar refractivity (Wildman–Crippen MR) is 86.5 cm³/mol. The Kier molecular flexibility index (Phi) is 4.96. The first-order valence-corrected chi connectivity index (χ1v) is 8.82. The summed E-state index contributed by atoms with van der Waals surface area (Å²) in [6.45, 7) is 11.6. The lowest BCUT2D eigenvalue weighted by molar-refractivity contribution is 0.179. The molecule has 0 atom stereocenters. The smallest absolute Gasteiger partial charge is 0.109 e. The fourth-order valence-corrected chi connectivity index (χ4v) is 3.80. The molecular formula is C17H30N4. The highest BCUT2D eigenvalue weighted by Gasteiger charge is 2.23. The minimum Gasteiger partial charge on any atom is -0.331 e. The molecule has 1 saturated heterocycles. The molecule has 2 aliphatic heterocycles. The molecule has 0 spiro atoms. The maximum Gasteiger partial charge on any atom is 0.109 e. The van der Waals surface area contributed by atoms with E-state index >= 15 is 0 Å². The van der Waals surface area contributed by atoms with Gasteiger partial charge in [-0.3, -0.25) is 0 Å². The highest BCUT2D eigenvalue weighted by Crippen LogP contribution is 2.24. The van der Waals surface area contributed by atoms with Crippen molar-refractivity contribution in [3.8, 4) is 0 Å². The summed E-state index contributed by atoms with van der Waals surface area (Å²) < 4.78 is 2.59. The van der Waals surface area contributed by atoms with Crippen molar-refractivity contribution in [2.75, 3.05) is 26.2 Å². The van der Waals surface area contributed by atoms with Crippen LogP contribution in [0.5, 0.6) is 0 Å². The van der Waals surface area contributed by atoms with Crippen LogP contribution in [0, 0.1) is 5.92 Å². The Morgan fingerprint density at radius 3 is 2.76 bits per heavy atom. The maximum absolute atomic E-state index is 4.93. The van der Waals surface area contributed by atoms with Gasteiger partial charge in [-0.2, -0.15) is 0 Å². The summed E-state index contributed by atoms with van der Waals surface area (Å²) in [5.74, 6) is 2.18. The van der Waals surface area contributed by atoms with Gasteiger partial charge >= 0.3 is 0 Å². The molecule has 0 aliphatic carbocycles. The van der Waals surface area contributed by atoms with Crippen molar-refractivity contribution >= 4 is 0 Å². The summed E-state index contributed by atoms with van der Waals surface area (Å²) in [5, 5.41) is 3.46. The third kappa shape index (κ3) is 3.32. The van der Waals surface area contributed by atoms with Gasteiger partial charge in [-0.15, -0.1) is 0 Å². The molecule has 0 aromatic carbocycles. The molecule has 4 nitrogen and oxygen atoms in total. The van der Waals surface area contributed by atoms with Gasteiger partial charge in [0.1, 0.15) is 5.82 Å². The van der Waals surface area contributed by atoms with E-state index in [4.69, 9.17) is 4.98 Å². The first-order valence-electron chi connectivity index (χ1n) is 8.82. The standard InChI is InChI=1S/C17H30N4/c1-3-5-17-19-15-12-18-9-6-16(15)21(17)13-14-7-10-20(4-2)11-8-14/h14,18H,3-13H2,1-2H3. The van der Waals surface area contributed by atoms with E-state index in [1.54, 1.807) is 0 Å². The average Bonchev–Trinajstić information content (AvgIpc) is 2.86. The molecule has 4 heteroatoms. The van der Waals surface area contributed by atoms with Crippen LogP contribution in [0.25, 0.3) is 0 Å². The van der Waals surface area contributed by atoms with Crippen LogP contribution in [0.3, 0.4) is 0 Å². The number of aryl methyl sites for hydroxylation is 1. The van der Waals surface area contributed by atoms with Gasteiger partial charge in [-0.1, -0.05) is 13.8 Å². The summed E-state index contributed by atoms with van der Waals surface area (Å²) in [6.07, 6.45) is 6.17. The molecule has 21 heavy (non-hydrogen) atoms. The predicted octanol–water partition coefficient (Wildman–Crippen LogP) is 2.21. The van der Waals surface area contributed by atoms with Crippen LogP contribution in [-0.2, 0) is 25.9 Å². The van der Waals surface area contributed by atoms with Gasteiger partial charge in [0.2, 0.25) is 0 Å². The highest BCUT2D eigenvalue weighted by molar-refractivity contribution is 5.20. The van der Waals surface area contributed by atoms with Crippen LogP contribution in [0.4, 0.5) is 0 Å². The van der Waals surface area contributed by atoms with E-state index in [1.165, 1.54) is 62.7 Å². The number of piperidine rings is 1. The zero-order chi connectivity index (χ0) is 14.7. The van der Waals surface area contributed by atoms with E-state index < -0.39 is 0 Å². The van der Waals surface area contributed by atoms with Gasteiger partial charge in [0, 0.05) is 38.2 Å². The van der Waals surface area contributed by atoms with Crippen LogP contribution < -0.4 is 5.32 Å². The van der Waals surface area contributed by atoms with Gasteiger partial charge in [-0.05, 0) is 44.8 Å². The van der Waals surface area contributed by atoms with E-state index in [9.17, 15) is 0 Å². The van der Waals surface area contributed by atoms with Crippen LogP contribution >= 0.6 is 0 Å². The lowest BCUT2D eigenvalue weighted by atomic mass is 9.96. The molecule has 0 saturated carbocycles. The van der Waals surface area contributed by atoms with Crippen LogP contribution in [0.1, 0.15) is 50.3 Å². The molecule has 1 N–H and O–H groups in total. The quantitative estimate of drug-likeness (QED) is 0.902. The van der Waals surface area contributed by atoms with Crippen molar-refractivity contribution in [1.82, 2.24) is 19.8 Å². The SMILES string of the molecule is CCCc1nc2c(n1CC1CCN(CC)CC1)CCNC2. The number of fused-ring (bicyclic) bond motifs is 1. The summed E-state index contributed by atoms with van der Waals surface area (Å²) in [6, 6.07) is 0. The van der Waals surface area contributed by atoms with Crippen molar-refractivity contribution < 1.29 is 0 Å². The van der Waals surface area contributed by atoms with Crippen LogP contribution in [0.15, 0.2) is 0 Å². The van der Waals surface area contributed by atoms with Gasteiger partial charge in [0.05, 0.1) is 5.69 Å². The molecule has 1 fully saturated rings. The van der Waals surface area contributed by atoms with E-state index in [2.05, 4.69) is 28.6 Å². The van der Waals surface area contributed by atoms with Crippen LogP contribution in [0.2, 0.25) is 0 Å². The highest BCUT2D eigenvalue weighted by atomic mass is 15.1. The van der Waals surface area contributed by atoms with Gasteiger partial charge in [-0.25, -0.2) is 4.98 Å². The van der Waals surface area contributed by atoms with Crippen molar-refractivity contribution in [2.24, 2.45) is 5.92 Å². The van der Waals surface area contributed by atoms with Crippen molar-refractivity contribution in [1.29, 1.82) is 0 Å². The van der Waals surface area contributed by atoms with E-state index in [-0.39, 0.29) is 0 Å². The van der Waals surface area contributed by atoms with Crippen molar-refractivity contribution in [3.63, 3.8) is 0 Å². The number of imidazole rings is 1. The first-order chi connectivity index (χ1) is 10.3. The lowest BCUT2D eigenvalue weighted by Crippen LogP contribution is -2.35. The minimum absolute atomic E-state index is 0.844. The molecule has 2 aliphatic rings. The number of hydrogen-bond donors (Lipinski definition) is 1. The van der Waals surface area contributed by atoms with E-state index in [1.807, 2.05) is 0 Å². The lowest BCUT2D eigenvalue weighted by Gasteiger charge is -2.32. The Bertz CT molecular complexity index is 458. The first kappa shape index (κ1) is 15.0. The molecular weight excluding hydrogens is 260 g/mol. The number of rotatable bonds is 5. The number of aromatic nitrogens is 2. The molecule has 0 bridgehead atoms. The summed E-state index contributed by atoms with van der Waals surface area (Å²) in [4.78, 5) is 7.51. The largest absolute Gasteiger partial charge is 0.331 e. The molecule has 0 unspecified atom stereocenters. The number of hydrogen-bond acceptors (Lipinski definition) is 3. The minimum atomic E-state index is 0.844. The third-order valence-electron chi connectivity index (χ3n) is 5.13. The molecule has 0 amide bonds. The molecule has 1 aromatic heterocycles. The number of likely N-dealkylation sites (tertiary alicyclic amines) is 1. The molecule has 118 valence electrons. The van der Waals surface area contributed by atoms with E-state index in [0.29, 0.717) is 0 Å². The molecule has 3 rings (SSSR count). The van der Waals surface area contributed by atoms with E-state index in [0.717, 1.165) is 31.8 Å². The third-order valence-corrected chi connectivity index (χ3v) is 5.13. The Hall–Kier alpha value is -0.870. The Balaban J connectivity index is 1.73. The Labute approximate surface area is 128 Å². The fraction of sp³-hybridized carbons (Fsp3) is 0.824. The second kappa shape index (κ2) is 6.93. The van der Waals surface area contributed by atoms with Crippen molar-refractivity contribution in [3.05, 3.63) is 17.2 Å². The second-order valence-electron chi connectivity index (χ2n) is 6.59. The summed E-state index contributed by atoms with van der Waals surface area (Å²) in [5.41, 5.74) is 2.84. The fourth-order valence-electron chi connectivity index (χ4n) is 3.80. The zero-order valence-electron chi connectivity index (χ0n) is 13.7. The monoisotopic (exact) mass is 290 g/mol. The number of nitrogens with zero attached hydrogens (tertiary/aromatic N) is 3. The van der Waals surface area contributed by atoms with Gasteiger partial charge < -0.3 is 14.8 Å². The molecule has 1 aromatic rings. The topological polar surface area (TPSA) is 33.1 Å². The molecule has 3 heterocycles. The summed E-state index contributed by atoms with van der Waals surface area (Å²) >= 11 is 0. The average molecular weight is 290 g/mol. The number of nitrogens with one attached hydrogen (secondary N) is 1. The normalized spacial score (nSPS) is 20.7. The molecule has 0 radical (unpaired) electrons.